The third-order valence-corrected chi connectivity index (χ3v) is 7.60. The summed E-state index contributed by atoms with van der Waals surface area (Å²) in [5.74, 6) is 0. The molecule has 0 radical (unpaired) electrons. The molecule has 0 saturated heterocycles. The van der Waals surface area contributed by atoms with Crippen molar-refractivity contribution in [2.45, 2.75) is 25.7 Å². The van der Waals surface area contributed by atoms with Crippen molar-refractivity contribution < 1.29 is 26.2 Å². The molecule has 4 aromatic carbocycles. The van der Waals surface area contributed by atoms with Crippen molar-refractivity contribution in [1.82, 2.24) is 0 Å². The maximum Gasteiger partial charge on any atom is 2.00 e. The molecule has 0 bridgehead atoms. The van der Waals surface area contributed by atoms with Gasteiger partial charge in [-0.05, 0) is 68.5 Å². The fraction of sp³-hybridized carbons (Fsp3) is 0.143. The Hall–Kier alpha value is -1.66. The molecule has 4 aromatic rings. The van der Waals surface area contributed by atoms with Gasteiger partial charge in [-0.3, -0.25) is 0 Å². The minimum absolute atomic E-state index is 0. The molecule has 0 fully saturated rings. The number of benzene rings is 4. The van der Waals surface area contributed by atoms with Gasteiger partial charge in [0.05, 0.1) is 0 Å². The van der Waals surface area contributed by atoms with Crippen LogP contribution in [0.4, 0.5) is 0 Å². The summed E-state index contributed by atoms with van der Waals surface area (Å²) < 4.78 is 0. The van der Waals surface area contributed by atoms with E-state index < -0.39 is 0 Å². The molecule has 0 saturated carbocycles. The van der Waals surface area contributed by atoms with E-state index in [0.717, 1.165) is 35.7 Å². The molecule has 2 aliphatic rings. The van der Waals surface area contributed by atoms with Crippen LogP contribution >= 0.6 is 23.2 Å². The summed E-state index contributed by atoms with van der Waals surface area (Å²) in [6.07, 6.45) is 3.65. The zero-order valence-corrected chi connectivity index (χ0v) is 21.0. The van der Waals surface area contributed by atoms with Crippen LogP contribution in [0.25, 0.3) is 22.3 Å². The van der Waals surface area contributed by atoms with E-state index in [1.165, 1.54) is 55.6 Å². The van der Waals surface area contributed by atoms with Gasteiger partial charge >= 0.3 is 26.2 Å². The maximum absolute atomic E-state index is 6.87. The molecule has 148 valence electrons. The van der Waals surface area contributed by atoms with Crippen molar-refractivity contribution in [2.24, 2.45) is 0 Å². The molecular formula is C28H20Cl2Zr+2. The summed E-state index contributed by atoms with van der Waals surface area (Å²) in [5, 5.41) is 1.85. The van der Waals surface area contributed by atoms with E-state index in [-0.39, 0.29) is 26.2 Å². The first-order valence-corrected chi connectivity index (χ1v) is 11.2. The van der Waals surface area contributed by atoms with Gasteiger partial charge in [0.1, 0.15) is 0 Å². The molecule has 0 nitrogen and oxygen atoms in total. The van der Waals surface area contributed by atoms with Crippen molar-refractivity contribution in [2.75, 3.05) is 0 Å². The van der Waals surface area contributed by atoms with E-state index in [4.69, 9.17) is 23.2 Å². The minimum atomic E-state index is 0. The molecule has 0 unspecified atom stereocenters. The number of rotatable bonds is 3. The largest absolute Gasteiger partial charge is 2.00 e. The molecule has 6 rings (SSSR count). The van der Waals surface area contributed by atoms with Crippen LogP contribution in [0.1, 0.15) is 33.4 Å². The van der Waals surface area contributed by atoms with Crippen LogP contribution in [0, 0.1) is 0 Å². The molecule has 0 aromatic heterocycles. The van der Waals surface area contributed by atoms with E-state index in [1.807, 2.05) is 0 Å². The van der Waals surface area contributed by atoms with Crippen LogP contribution in [-0.2, 0) is 51.9 Å². The standard InChI is InChI=1S/C28H20Cl2.Zr/c29-27-17(11-13-23-21-7-3-1-5-19(21)15-25(23)27)9-10-18-12-14-24-22-8-4-2-6-20(22)16-26(24)28(18)30;/h1-8,11-14H,9-10,15-16H2;/q;+2. The normalized spacial score (nSPS) is 12.6. The van der Waals surface area contributed by atoms with Crippen LogP contribution in [0.5, 0.6) is 0 Å². The van der Waals surface area contributed by atoms with E-state index in [2.05, 4.69) is 72.8 Å². The summed E-state index contributed by atoms with van der Waals surface area (Å²) in [4.78, 5) is 0. The Balaban J connectivity index is 0.00000204. The Morgan fingerprint density at radius 2 is 0.935 bits per heavy atom. The van der Waals surface area contributed by atoms with E-state index >= 15 is 0 Å². The molecule has 0 amide bonds. The van der Waals surface area contributed by atoms with Gasteiger partial charge in [0.15, 0.2) is 0 Å². The topological polar surface area (TPSA) is 0 Å². The Morgan fingerprint density at radius 3 is 1.39 bits per heavy atom. The number of aryl methyl sites for hydroxylation is 2. The van der Waals surface area contributed by atoms with Crippen LogP contribution < -0.4 is 0 Å². The first-order chi connectivity index (χ1) is 14.7. The third kappa shape index (κ3) is 3.46. The van der Waals surface area contributed by atoms with Crippen LogP contribution in [0.3, 0.4) is 0 Å². The zero-order valence-electron chi connectivity index (χ0n) is 17.0. The Morgan fingerprint density at radius 1 is 0.516 bits per heavy atom. The molecule has 0 N–H and O–H groups in total. The van der Waals surface area contributed by atoms with Crippen molar-refractivity contribution in [3.05, 3.63) is 116 Å². The fourth-order valence-corrected chi connectivity index (χ4v) is 5.75. The van der Waals surface area contributed by atoms with Crippen molar-refractivity contribution >= 4 is 23.2 Å². The average molecular weight is 519 g/mol. The average Bonchev–Trinajstić information content (AvgIpc) is 3.34. The van der Waals surface area contributed by atoms with Gasteiger partial charge in [0, 0.05) is 22.9 Å². The second kappa shape index (κ2) is 8.36. The summed E-state index contributed by atoms with van der Waals surface area (Å²) in [7, 11) is 0. The van der Waals surface area contributed by atoms with Gasteiger partial charge in [-0.25, -0.2) is 0 Å². The summed E-state index contributed by atoms with van der Waals surface area (Å²) in [5.41, 5.74) is 12.9. The second-order valence-corrected chi connectivity index (χ2v) is 9.05. The summed E-state index contributed by atoms with van der Waals surface area (Å²) in [6, 6.07) is 26.1. The molecular weight excluding hydrogens is 498 g/mol. The van der Waals surface area contributed by atoms with Crippen LogP contribution in [-0.4, -0.2) is 0 Å². The predicted molar refractivity (Wildman–Crippen MR) is 127 cm³/mol. The second-order valence-electron chi connectivity index (χ2n) is 8.30. The fourth-order valence-electron chi connectivity index (χ4n) is 5.10. The molecule has 31 heavy (non-hydrogen) atoms. The van der Waals surface area contributed by atoms with Gasteiger partial charge in [-0.1, -0.05) is 96.0 Å². The molecule has 0 atom stereocenters. The van der Waals surface area contributed by atoms with E-state index in [1.54, 1.807) is 0 Å². The van der Waals surface area contributed by atoms with Gasteiger partial charge < -0.3 is 0 Å². The molecule has 0 aliphatic heterocycles. The van der Waals surface area contributed by atoms with Crippen molar-refractivity contribution in [3.8, 4) is 22.3 Å². The number of hydrogen-bond donors (Lipinski definition) is 0. The number of halogens is 2. The Bertz CT molecular complexity index is 1220. The van der Waals surface area contributed by atoms with Gasteiger partial charge in [0.2, 0.25) is 0 Å². The number of fused-ring (bicyclic) bond motifs is 6. The van der Waals surface area contributed by atoms with Crippen molar-refractivity contribution in [1.29, 1.82) is 0 Å². The third-order valence-electron chi connectivity index (χ3n) is 6.66. The summed E-state index contributed by atoms with van der Waals surface area (Å²) in [6.45, 7) is 0. The molecule has 3 heteroatoms. The van der Waals surface area contributed by atoms with Gasteiger partial charge in [0.25, 0.3) is 0 Å². The Kier molecular flexibility index (Phi) is 5.72. The van der Waals surface area contributed by atoms with E-state index in [0.29, 0.717) is 0 Å². The molecule has 0 spiro atoms. The van der Waals surface area contributed by atoms with Gasteiger partial charge in [-0.15, -0.1) is 0 Å². The molecule has 2 aliphatic carbocycles. The molecule has 0 heterocycles. The van der Waals surface area contributed by atoms with Crippen LogP contribution in [0.2, 0.25) is 10.0 Å². The number of hydrogen-bond acceptors (Lipinski definition) is 0. The van der Waals surface area contributed by atoms with E-state index in [9.17, 15) is 0 Å². The zero-order chi connectivity index (χ0) is 20.2. The quantitative estimate of drug-likeness (QED) is 0.223. The SMILES string of the molecule is Clc1c(CCc2ccc3c(c2Cl)Cc2ccccc2-3)ccc2c1Cc1ccccc1-2.[Zr+2]. The first kappa shape index (κ1) is 21.2. The van der Waals surface area contributed by atoms with Crippen molar-refractivity contribution in [3.63, 3.8) is 0 Å². The van der Waals surface area contributed by atoms with Crippen LogP contribution in [0.15, 0.2) is 72.8 Å². The smallest absolute Gasteiger partial charge is 0.0837 e. The Labute approximate surface area is 212 Å². The minimum Gasteiger partial charge on any atom is -0.0837 e. The first-order valence-electron chi connectivity index (χ1n) is 10.5. The monoisotopic (exact) mass is 516 g/mol. The maximum atomic E-state index is 6.87. The summed E-state index contributed by atoms with van der Waals surface area (Å²) >= 11 is 13.7. The predicted octanol–water partition coefficient (Wildman–Crippen LogP) is 7.92. The van der Waals surface area contributed by atoms with Gasteiger partial charge in [-0.2, -0.15) is 0 Å².